The van der Waals surface area contributed by atoms with Gasteiger partial charge in [0.05, 0.1) is 7.11 Å². The number of benzene rings is 1. The number of ketones is 1. The number of methoxy groups -OCH3 is 1. The van der Waals surface area contributed by atoms with Crippen molar-refractivity contribution in [3.05, 3.63) is 35.9 Å². The van der Waals surface area contributed by atoms with E-state index in [1.807, 2.05) is 6.07 Å². The van der Waals surface area contributed by atoms with Gasteiger partial charge in [0.15, 0.2) is 5.78 Å². The molecule has 0 saturated carbocycles. The molecule has 0 bridgehead atoms. The molecule has 0 saturated heterocycles. The van der Waals surface area contributed by atoms with E-state index in [-0.39, 0.29) is 11.7 Å². The van der Waals surface area contributed by atoms with Gasteiger partial charge in [-0.25, -0.2) is 0 Å². The average molecular weight is 286 g/mol. The monoisotopic (exact) mass is 286 g/mol. The van der Waals surface area contributed by atoms with E-state index >= 15 is 0 Å². The number of hydrogen-bond donors (Lipinski definition) is 0. The maximum atomic E-state index is 12.5. The molecule has 0 spiro atoms. The summed E-state index contributed by atoms with van der Waals surface area (Å²) in [6.07, 6.45) is 8.47. The van der Waals surface area contributed by atoms with Crippen molar-refractivity contribution in [2.24, 2.45) is 11.8 Å². The molecule has 2 unspecified atom stereocenters. The van der Waals surface area contributed by atoms with Gasteiger partial charge in [0.25, 0.3) is 0 Å². The Bertz CT molecular complexity index is 499. The SMILES string of the molecule is C#CC(CCC)CCC(C(=O)OC)C(=O)c1ccccc1. The fourth-order valence-electron chi connectivity index (χ4n) is 2.33. The molecule has 3 nitrogen and oxygen atoms in total. The lowest BCUT2D eigenvalue weighted by atomic mass is 9.88. The molecule has 0 aliphatic carbocycles. The van der Waals surface area contributed by atoms with E-state index in [9.17, 15) is 9.59 Å². The topological polar surface area (TPSA) is 43.4 Å². The van der Waals surface area contributed by atoms with E-state index < -0.39 is 11.9 Å². The third kappa shape index (κ3) is 5.07. The first kappa shape index (κ1) is 17.0. The van der Waals surface area contributed by atoms with Gasteiger partial charge in [0, 0.05) is 11.5 Å². The summed E-state index contributed by atoms with van der Waals surface area (Å²) in [5.74, 6) is 1.37. The summed E-state index contributed by atoms with van der Waals surface area (Å²) in [4.78, 5) is 24.3. The van der Waals surface area contributed by atoms with E-state index in [4.69, 9.17) is 11.2 Å². The van der Waals surface area contributed by atoms with Crippen LogP contribution in [0.3, 0.4) is 0 Å². The molecular weight excluding hydrogens is 264 g/mol. The molecule has 0 fully saturated rings. The first-order valence-corrected chi connectivity index (χ1v) is 7.27. The van der Waals surface area contributed by atoms with Gasteiger partial charge in [-0.05, 0) is 19.3 Å². The van der Waals surface area contributed by atoms with Crippen molar-refractivity contribution in [2.45, 2.75) is 32.6 Å². The van der Waals surface area contributed by atoms with E-state index in [1.165, 1.54) is 7.11 Å². The molecular formula is C18H22O3. The van der Waals surface area contributed by atoms with Crippen LogP contribution in [0.2, 0.25) is 0 Å². The maximum absolute atomic E-state index is 12.5. The lowest BCUT2D eigenvalue weighted by Gasteiger charge is -2.16. The van der Waals surface area contributed by atoms with Gasteiger partial charge in [-0.3, -0.25) is 9.59 Å². The third-order valence-electron chi connectivity index (χ3n) is 3.54. The summed E-state index contributed by atoms with van der Waals surface area (Å²) >= 11 is 0. The van der Waals surface area contributed by atoms with Crippen LogP contribution in [0.25, 0.3) is 0 Å². The lowest BCUT2D eigenvalue weighted by molar-refractivity contribution is -0.143. The summed E-state index contributed by atoms with van der Waals surface area (Å²) in [5, 5.41) is 0. The zero-order chi connectivity index (χ0) is 15.7. The fraction of sp³-hybridized carbons (Fsp3) is 0.444. The van der Waals surface area contributed by atoms with Crippen molar-refractivity contribution < 1.29 is 14.3 Å². The average Bonchev–Trinajstić information content (AvgIpc) is 2.54. The molecule has 112 valence electrons. The summed E-state index contributed by atoms with van der Waals surface area (Å²) in [6, 6.07) is 8.82. The predicted octanol–water partition coefficient (Wildman–Crippen LogP) is 3.49. The zero-order valence-corrected chi connectivity index (χ0v) is 12.7. The molecule has 0 N–H and O–H groups in total. The van der Waals surface area contributed by atoms with E-state index in [2.05, 4.69) is 12.8 Å². The highest BCUT2D eigenvalue weighted by molar-refractivity contribution is 6.08. The second-order valence-electron chi connectivity index (χ2n) is 5.04. The Hall–Kier alpha value is -2.08. The van der Waals surface area contributed by atoms with E-state index in [0.717, 1.165) is 12.8 Å². The quantitative estimate of drug-likeness (QED) is 0.318. The van der Waals surface area contributed by atoms with E-state index in [0.29, 0.717) is 18.4 Å². The van der Waals surface area contributed by atoms with Crippen LogP contribution in [0.5, 0.6) is 0 Å². The van der Waals surface area contributed by atoms with Gasteiger partial charge in [-0.1, -0.05) is 43.7 Å². The van der Waals surface area contributed by atoms with E-state index in [1.54, 1.807) is 24.3 Å². The summed E-state index contributed by atoms with van der Waals surface area (Å²) in [6.45, 7) is 2.07. The van der Waals surface area contributed by atoms with Crippen LogP contribution in [0, 0.1) is 24.2 Å². The molecule has 0 heterocycles. The largest absolute Gasteiger partial charge is 0.468 e. The van der Waals surface area contributed by atoms with Crippen molar-refractivity contribution >= 4 is 11.8 Å². The standard InChI is InChI=1S/C18H22O3/c1-4-9-14(5-2)12-13-16(18(20)21-3)17(19)15-10-7-6-8-11-15/h2,6-8,10-11,14,16H,4,9,12-13H2,1,3H3. The molecule has 0 radical (unpaired) electrons. The molecule has 1 aromatic rings. The van der Waals surface area contributed by atoms with Crippen LogP contribution in [0.1, 0.15) is 43.0 Å². The van der Waals surface area contributed by atoms with Gasteiger partial charge in [0.1, 0.15) is 5.92 Å². The second kappa shape index (κ2) is 8.97. The minimum absolute atomic E-state index is 0.103. The number of rotatable bonds is 8. The Morgan fingerprint density at radius 2 is 1.86 bits per heavy atom. The number of carbonyl (C=O) groups is 2. The van der Waals surface area contributed by atoms with Crippen LogP contribution in [0.4, 0.5) is 0 Å². The van der Waals surface area contributed by atoms with Crippen molar-refractivity contribution in [3.63, 3.8) is 0 Å². The highest BCUT2D eigenvalue weighted by Crippen LogP contribution is 2.21. The molecule has 0 aliphatic heterocycles. The number of esters is 1. The van der Waals surface area contributed by atoms with Crippen molar-refractivity contribution in [2.75, 3.05) is 7.11 Å². The highest BCUT2D eigenvalue weighted by atomic mass is 16.5. The number of terminal acetylenes is 1. The Kier molecular flexibility index (Phi) is 7.25. The number of Topliss-reactive ketones (excluding diaryl/α,β-unsaturated/α-hetero) is 1. The molecule has 0 aromatic heterocycles. The number of ether oxygens (including phenoxy) is 1. The predicted molar refractivity (Wildman–Crippen MR) is 82.7 cm³/mol. The molecule has 1 rings (SSSR count). The second-order valence-corrected chi connectivity index (χ2v) is 5.04. The summed E-state index contributed by atoms with van der Waals surface area (Å²) in [7, 11) is 1.30. The molecule has 1 aromatic carbocycles. The van der Waals surface area contributed by atoms with Gasteiger partial charge in [-0.2, -0.15) is 0 Å². The minimum Gasteiger partial charge on any atom is -0.468 e. The van der Waals surface area contributed by atoms with Gasteiger partial charge in [0.2, 0.25) is 0 Å². The van der Waals surface area contributed by atoms with Crippen molar-refractivity contribution in [3.8, 4) is 12.3 Å². The Morgan fingerprint density at radius 3 is 2.38 bits per heavy atom. The van der Waals surface area contributed by atoms with Gasteiger partial charge < -0.3 is 4.74 Å². The smallest absolute Gasteiger partial charge is 0.316 e. The lowest BCUT2D eigenvalue weighted by Crippen LogP contribution is -2.26. The van der Waals surface area contributed by atoms with Crippen LogP contribution < -0.4 is 0 Å². The zero-order valence-electron chi connectivity index (χ0n) is 12.7. The normalized spacial score (nSPS) is 13.0. The summed E-state index contributed by atoms with van der Waals surface area (Å²) in [5.41, 5.74) is 0.528. The van der Waals surface area contributed by atoms with Crippen LogP contribution in [-0.4, -0.2) is 18.9 Å². The van der Waals surface area contributed by atoms with Crippen LogP contribution in [-0.2, 0) is 9.53 Å². The number of hydrogen-bond acceptors (Lipinski definition) is 3. The Morgan fingerprint density at radius 1 is 1.19 bits per heavy atom. The van der Waals surface area contributed by atoms with Crippen LogP contribution >= 0.6 is 0 Å². The first-order chi connectivity index (χ1) is 10.1. The van der Waals surface area contributed by atoms with Crippen LogP contribution in [0.15, 0.2) is 30.3 Å². The minimum atomic E-state index is -0.773. The van der Waals surface area contributed by atoms with Gasteiger partial charge in [-0.15, -0.1) is 12.3 Å². The van der Waals surface area contributed by atoms with Crippen molar-refractivity contribution in [1.29, 1.82) is 0 Å². The van der Waals surface area contributed by atoms with Gasteiger partial charge >= 0.3 is 5.97 Å². The molecule has 0 aliphatic rings. The van der Waals surface area contributed by atoms with Crippen molar-refractivity contribution in [1.82, 2.24) is 0 Å². The Labute approximate surface area is 126 Å². The third-order valence-corrected chi connectivity index (χ3v) is 3.54. The molecule has 0 amide bonds. The molecule has 2 atom stereocenters. The maximum Gasteiger partial charge on any atom is 0.316 e. The summed E-state index contributed by atoms with van der Waals surface area (Å²) < 4.78 is 4.77. The molecule has 3 heteroatoms. The number of carbonyl (C=O) groups excluding carboxylic acids is 2. The highest BCUT2D eigenvalue weighted by Gasteiger charge is 2.28. The fourth-order valence-corrected chi connectivity index (χ4v) is 2.33. The first-order valence-electron chi connectivity index (χ1n) is 7.27. The Balaban J connectivity index is 2.80. The molecule has 21 heavy (non-hydrogen) atoms.